The molecule has 0 spiro atoms. The van der Waals surface area contributed by atoms with Crippen LogP contribution in [0.1, 0.15) is 18.1 Å². The van der Waals surface area contributed by atoms with Crippen molar-refractivity contribution in [2.24, 2.45) is 0 Å². The Balaban J connectivity index is 1.68. The highest BCUT2D eigenvalue weighted by Crippen LogP contribution is 2.34. The van der Waals surface area contributed by atoms with E-state index in [0.29, 0.717) is 16.3 Å². The van der Waals surface area contributed by atoms with Crippen molar-refractivity contribution >= 4 is 44.8 Å². The minimum Gasteiger partial charge on any atom is -0.324 e. The fraction of sp³-hybridized carbons (Fsp3) is 0.261. The number of alkyl halides is 2. The number of hydrogen-bond acceptors (Lipinski definition) is 7. The van der Waals surface area contributed by atoms with Gasteiger partial charge in [-0.15, -0.1) is 0 Å². The minimum atomic E-state index is -3.68. The van der Waals surface area contributed by atoms with Gasteiger partial charge in [-0.2, -0.15) is 13.8 Å². The van der Waals surface area contributed by atoms with E-state index in [0.717, 1.165) is 22.3 Å². The second kappa shape index (κ2) is 10.0. The average Bonchev–Trinajstić information content (AvgIpc) is 3.20. The van der Waals surface area contributed by atoms with Crippen LogP contribution in [0, 0.1) is 5.82 Å². The van der Waals surface area contributed by atoms with Gasteiger partial charge in [0, 0.05) is 6.54 Å². The molecule has 2 heterocycles. The van der Waals surface area contributed by atoms with E-state index in [1.165, 1.54) is 12.1 Å². The van der Waals surface area contributed by atoms with Gasteiger partial charge >= 0.3 is 6.55 Å². The van der Waals surface area contributed by atoms with Gasteiger partial charge in [0.2, 0.25) is 21.9 Å². The van der Waals surface area contributed by atoms with Crippen LogP contribution in [0.3, 0.4) is 0 Å². The summed E-state index contributed by atoms with van der Waals surface area (Å²) in [5.74, 6) is -2.11. The monoisotopic (exact) mass is 520 g/mol. The number of nitrogens with one attached hydrogen (secondary N) is 2. The van der Waals surface area contributed by atoms with Crippen LogP contribution in [0.2, 0.25) is 0 Å². The lowest BCUT2D eigenvalue weighted by atomic mass is 10.1. The van der Waals surface area contributed by atoms with Crippen LogP contribution in [0.15, 0.2) is 48.7 Å². The van der Waals surface area contributed by atoms with Crippen molar-refractivity contribution in [3.05, 3.63) is 65.6 Å². The smallest absolute Gasteiger partial charge is 0.316 e. The first-order valence-electron chi connectivity index (χ1n) is 10.9. The maximum atomic E-state index is 14.7. The number of aromatic nitrogens is 2. The number of hydrogen-bond donors (Lipinski definition) is 2. The summed E-state index contributed by atoms with van der Waals surface area (Å²) in [6, 6.07) is 11.3. The van der Waals surface area contributed by atoms with E-state index in [4.69, 9.17) is 0 Å². The Morgan fingerprint density at radius 1 is 1.17 bits per heavy atom. The number of amides is 1. The highest BCUT2D eigenvalue weighted by Gasteiger charge is 2.27. The third-order valence-electron chi connectivity index (χ3n) is 5.53. The Hall–Kier alpha value is -3.87. The largest absolute Gasteiger partial charge is 0.324 e. The molecule has 0 atom stereocenters. The number of carbonyl (C=O) groups is 1. The maximum Gasteiger partial charge on any atom is 0.316 e. The molecule has 190 valence electrons. The summed E-state index contributed by atoms with van der Waals surface area (Å²) in [6.45, 7) is -1.99. The summed E-state index contributed by atoms with van der Waals surface area (Å²) in [6.07, 6.45) is 1.98. The lowest BCUT2D eigenvalue weighted by Crippen LogP contribution is -2.34. The van der Waals surface area contributed by atoms with Gasteiger partial charge in [0.15, 0.2) is 11.6 Å². The number of benzene rings is 2. The first kappa shape index (κ1) is 25.2. The molecule has 0 bridgehead atoms. The van der Waals surface area contributed by atoms with Crippen LogP contribution in [0.5, 0.6) is 0 Å². The summed E-state index contributed by atoms with van der Waals surface area (Å²) >= 11 is 0. The van der Waals surface area contributed by atoms with Gasteiger partial charge in [0.05, 0.1) is 42.5 Å². The highest BCUT2D eigenvalue weighted by molar-refractivity contribution is 7.92. The normalized spacial score (nSPS) is 12.9. The number of halogens is 3. The lowest BCUT2D eigenvalue weighted by Gasteiger charge is -2.28. The van der Waals surface area contributed by atoms with Crippen LogP contribution < -0.4 is 19.8 Å². The molecular formula is C23H23F3N6O3S. The molecule has 13 heteroatoms. The van der Waals surface area contributed by atoms with E-state index in [9.17, 15) is 26.4 Å². The molecule has 0 saturated carbocycles. The first-order chi connectivity index (χ1) is 17.1. The predicted molar refractivity (Wildman–Crippen MR) is 131 cm³/mol. The molecule has 0 saturated heterocycles. The van der Waals surface area contributed by atoms with E-state index < -0.39 is 34.8 Å². The quantitative estimate of drug-likeness (QED) is 0.413. The van der Waals surface area contributed by atoms with Gasteiger partial charge in [-0.05, 0) is 30.2 Å². The number of nitrogens with zero attached hydrogens (tertiary/aromatic N) is 4. The zero-order chi connectivity index (χ0) is 26.0. The third kappa shape index (κ3) is 5.20. The summed E-state index contributed by atoms with van der Waals surface area (Å²) in [5, 5.41) is 5.55. The molecule has 0 fully saturated rings. The third-order valence-corrected chi connectivity index (χ3v) is 6.79. The lowest BCUT2D eigenvalue weighted by molar-refractivity contribution is -0.115. The molecule has 0 radical (unpaired) electrons. The highest BCUT2D eigenvalue weighted by atomic mass is 32.2. The van der Waals surface area contributed by atoms with Crippen molar-refractivity contribution in [1.29, 1.82) is 0 Å². The Kier molecular flexibility index (Phi) is 7.02. The molecule has 2 N–H and O–H groups in total. The molecule has 1 aliphatic rings. The minimum absolute atomic E-state index is 0.0817. The molecule has 4 rings (SSSR count). The SMILES string of the molecule is CCN(c1ccccc1CN(c1nc(Nc2cccc3c2NC(=O)C3)ncc1F)C(F)F)S(C)(=O)=O. The van der Waals surface area contributed by atoms with Gasteiger partial charge in [0.1, 0.15) is 0 Å². The molecule has 9 nitrogen and oxygen atoms in total. The molecule has 0 unspecified atom stereocenters. The molecule has 36 heavy (non-hydrogen) atoms. The molecule has 1 aliphatic heterocycles. The second-order valence-electron chi connectivity index (χ2n) is 8.02. The Labute approximate surface area is 206 Å². The van der Waals surface area contributed by atoms with Crippen LogP contribution in [0.25, 0.3) is 0 Å². The molecule has 1 aromatic heterocycles. The number of carbonyl (C=O) groups excluding carboxylic acids is 1. The zero-order valence-electron chi connectivity index (χ0n) is 19.4. The maximum absolute atomic E-state index is 14.7. The number of fused-ring (bicyclic) bond motifs is 1. The Morgan fingerprint density at radius 2 is 1.92 bits per heavy atom. The summed E-state index contributed by atoms with van der Waals surface area (Å²) in [7, 11) is -3.68. The average molecular weight is 521 g/mol. The van der Waals surface area contributed by atoms with Crippen molar-refractivity contribution < 1.29 is 26.4 Å². The second-order valence-corrected chi connectivity index (χ2v) is 9.92. The number of sulfonamides is 1. The first-order valence-corrected chi connectivity index (χ1v) is 12.7. The number of rotatable bonds is 9. The van der Waals surface area contributed by atoms with E-state index in [2.05, 4.69) is 20.6 Å². The molecule has 3 aromatic rings. The van der Waals surface area contributed by atoms with E-state index in [1.54, 1.807) is 37.3 Å². The van der Waals surface area contributed by atoms with Crippen molar-refractivity contribution in [2.75, 3.05) is 32.6 Å². The summed E-state index contributed by atoms with van der Waals surface area (Å²) in [5.41, 5.74) is 2.12. The zero-order valence-corrected chi connectivity index (χ0v) is 20.2. The van der Waals surface area contributed by atoms with Gasteiger partial charge in [0.25, 0.3) is 0 Å². The molecule has 2 aromatic carbocycles. The van der Waals surface area contributed by atoms with Crippen LogP contribution >= 0.6 is 0 Å². The van der Waals surface area contributed by atoms with E-state index >= 15 is 0 Å². The molecule has 1 amide bonds. The van der Waals surface area contributed by atoms with Crippen LogP contribution in [-0.2, 0) is 27.8 Å². The van der Waals surface area contributed by atoms with Crippen molar-refractivity contribution in [3.63, 3.8) is 0 Å². The Bertz CT molecular complexity index is 1400. The fourth-order valence-corrected chi connectivity index (χ4v) is 4.99. The fourth-order valence-electron chi connectivity index (χ4n) is 3.99. The van der Waals surface area contributed by atoms with Gasteiger partial charge in [-0.3, -0.25) is 14.0 Å². The van der Waals surface area contributed by atoms with E-state index in [-0.39, 0.29) is 36.1 Å². The topological polar surface area (TPSA) is 108 Å². The predicted octanol–water partition coefficient (Wildman–Crippen LogP) is 3.87. The van der Waals surface area contributed by atoms with Crippen molar-refractivity contribution in [2.45, 2.75) is 26.4 Å². The van der Waals surface area contributed by atoms with Crippen molar-refractivity contribution in [3.8, 4) is 0 Å². The summed E-state index contributed by atoms with van der Waals surface area (Å²) < 4.78 is 68.6. The standard InChI is InChI=1S/C23H23F3N6O3S/c1-3-32(36(2,34)35)18-10-5-4-7-15(18)13-31(22(25)26)21-16(24)12-27-23(30-21)28-17-9-6-8-14-11-19(33)29-20(14)17/h4-10,12,22H,3,11,13H2,1-2H3,(H,29,33)(H,27,28,30). The van der Waals surface area contributed by atoms with Crippen LogP contribution in [-0.4, -0.2) is 43.6 Å². The van der Waals surface area contributed by atoms with Crippen LogP contribution in [0.4, 0.5) is 42.0 Å². The summed E-state index contributed by atoms with van der Waals surface area (Å²) in [4.78, 5) is 20.0. The Morgan fingerprint density at radius 3 is 2.61 bits per heavy atom. The van der Waals surface area contributed by atoms with Gasteiger partial charge in [-0.1, -0.05) is 30.3 Å². The van der Waals surface area contributed by atoms with E-state index in [1.807, 2.05) is 0 Å². The van der Waals surface area contributed by atoms with Gasteiger partial charge in [-0.25, -0.2) is 17.8 Å². The molecular weight excluding hydrogens is 497 g/mol. The van der Waals surface area contributed by atoms with Gasteiger partial charge < -0.3 is 10.6 Å². The van der Waals surface area contributed by atoms with Crippen molar-refractivity contribution in [1.82, 2.24) is 9.97 Å². The number of anilines is 5. The number of para-hydroxylation sites is 2. The molecule has 0 aliphatic carbocycles.